The molecule has 1 aliphatic rings. The number of amides is 2. The van der Waals surface area contributed by atoms with E-state index in [4.69, 9.17) is 0 Å². The largest absolute Gasteiger partial charge is 0.326 e. The number of rotatable bonds is 4. The molecule has 1 atom stereocenters. The first-order valence-corrected chi connectivity index (χ1v) is 9.27. The summed E-state index contributed by atoms with van der Waals surface area (Å²) >= 11 is 1.34. The van der Waals surface area contributed by atoms with Crippen molar-refractivity contribution in [2.75, 3.05) is 12.4 Å². The summed E-state index contributed by atoms with van der Waals surface area (Å²) in [6, 6.07) is 15.4. The third kappa shape index (κ3) is 3.96. The van der Waals surface area contributed by atoms with Gasteiger partial charge in [-0.3, -0.25) is 14.5 Å². The molecule has 0 saturated carbocycles. The summed E-state index contributed by atoms with van der Waals surface area (Å²) in [5, 5.41) is 3.05. The lowest BCUT2D eigenvalue weighted by Gasteiger charge is -2.10. The highest BCUT2D eigenvalue weighted by molar-refractivity contribution is 8.15. The molecule has 2 aromatic carbocycles. The van der Waals surface area contributed by atoms with Crippen LogP contribution in [0.3, 0.4) is 0 Å². The number of anilines is 1. The lowest BCUT2D eigenvalue weighted by Crippen LogP contribution is -2.30. The first-order valence-electron chi connectivity index (χ1n) is 8.39. The molecule has 3 rings (SSSR count). The zero-order valence-corrected chi connectivity index (χ0v) is 15.8. The first kappa shape index (κ1) is 18.2. The molecule has 0 bridgehead atoms. The Morgan fingerprint density at radius 2 is 1.77 bits per heavy atom. The molecule has 1 saturated heterocycles. The Balaban J connectivity index is 1.70. The highest BCUT2D eigenvalue weighted by Gasteiger charge is 2.37. The number of carbonyl (C=O) groups is 2. The minimum atomic E-state index is -0.452. The van der Waals surface area contributed by atoms with Gasteiger partial charge >= 0.3 is 0 Å². The smallest absolute Gasteiger partial charge is 0.242 e. The SMILES string of the molecule is Cc1ccccc1N=C1SC(CC(=O)Nc2ccccc2C)C(=O)N1C. The Morgan fingerprint density at radius 1 is 1.12 bits per heavy atom. The molecule has 5 nitrogen and oxygen atoms in total. The fraction of sp³-hybridized carbons (Fsp3) is 0.250. The van der Waals surface area contributed by atoms with E-state index in [0.717, 1.165) is 22.5 Å². The Kier molecular flexibility index (Phi) is 5.42. The van der Waals surface area contributed by atoms with Crippen molar-refractivity contribution >= 4 is 40.1 Å². The molecule has 0 spiro atoms. The van der Waals surface area contributed by atoms with Gasteiger partial charge in [0.25, 0.3) is 0 Å². The molecule has 6 heteroatoms. The van der Waals surface area contributed by atoms with Crippen LogP contribution in [-0.2, 0) is 9.59 Å². The standard InChI is InChI=1S/C20H21N3O2S/c1-13-8-4-6-10-15(13)21-18(24)12-17-19(25)23(3)20(26-17)22-16-11-7-5-9-14(16)2/h4-11,17H,12H2,1-3H3,(H,21,24). The third-order valence-corrected chi connectivity index (χ3v) is 5.49. The number of thioether (sulfide) groups is 1. The van der Waals surface area contributed by atoms with Gasteiger partial charge in [-0.25, -0.2) is 4.99 Å². The number of hydrogen-bond donors (Lipinski definition) is 1. The number of nitrogens with one attached hydrogen (secondary N) is 1. The zero-order valence-electron chi connectivity index (χ0n) is 15.0. The van der Waals surface area contributed by atoms with E-state index in [1.165, 1.54) is 16.7 Å². The molecule has 0 aliphatic carbocycles. The molecular weight excluding hydrogens is 346 g/mol. The number of hydrogen-bond acceptors (Lipinski definition) is 4. The maximum atomic E-state index is 12.5. The maximum Gasteiger partial charge on any atom is 0.242 e. The highest BCUT2D eigenvalue weighted by Crippen LogP contribution is 2.31. The molecule has 2 aromatic rings. The van der Waals surface area contributed by atoms with E-state index in [0.29, 0.717) is 5.17 Å². The zero-order chi connectivity index (χ0) is 18.7. The van der Waals surface area contributed by atoms with Gasteiger partial charge in [-0.05, 0) is 37.1 Å². The van der Waals surface area contributed by atoms with Crippen molar-refractivity contribution in [2.45, 2.75) is 25.5 Å². The van der Waals surface area contributed by atoms with Crippen LogP contribution in [0.1, 0.15) is 17.5 Å². The van der Waals surface area contributed by atoms with Gasteiger partial charge in [0.1, 0.15) is 5.25 Å². The quantitative estimate of drug-likeness (QED) is 0.892. The molecule has 134 valence electrons. The lowest BCUT2D eigenvalue weighted by atomic mass is 10.2. The topological polar surface area (TPSA) is 61.8 Å². The van der Waals surface area contributed by atoms with Gasteiger partial charge in [0.15, 0.2) is 5.17 Å². The van der Waals surface area contributed by atoms with Crippen LogP contribution < -0.4 is 5.32 Å². The van der Waals surface area contributed by atoms with Gasteiger partial charge in [-0.2, -0.15) is 0 Å². The van der Waals surface area contributed by atoms with Crippen molar-refractivity contribution in [1.82, 2.24) is 4.90 Å². The van der Waals surface area contributed by atoms with Crippen molar-refractivity contribution < 1.29 is 9.59 Å². The second kappa shape index (κ2) is 7.74. The average molecular weight is 367 g/mol. The number of benzene rings is 2. The normalized spacial score (nSPS) is 18.4. The molecular formula is C20H21N3O2S. The second-order valence-electron chi connectivity index (χ2n) is 6.25. The molecule has 26 heavy (non-hydrogen) atoms. The van der Waals surface area contributed by atoms with Gasteiger partial charge < -0.3 is 5.32 Å². The van der Waals surface area contributed by atoms with E-state index in [9.17, 15) is 9.59 Å². The van der Waals surface area contributed by atoms with Gasteiger partial charge in [0.2, 0.25) is 11.8 Å². The Labute approximate surface area is 157 Å². The van der Waals surface area contributed by atoms with Gasteiger partial charge in [0.05, 0.1) is 5.69 Å². The first-order chi connectivity index (χ1) is 12.5. The van der Waals surface area contributed by atoms with E-state index in [-0.39, 0.29) is 18.2 Å². The monoisotopic (exact) mass is 367 g/mol. The van der Waals surface area contributed by atoms with Crippen LogP contribution in [0.15, 0.2) is 53.5 Å². The van der Waals surface area contributed by atoms with Crippen LogP contribution in [0.5, 0.6) is 0 Å². The molecule has 1 aliphatic heterocycles. The molecule has 1 fully saturated rings. The molecule has 0 aromatic heterocycles. The average Bonchev–Trinajstić information content (AvgIpc) is 2.87. The van der Waals surface area contributed by atoms with Crippen molar-refractivity contribution in [2.24, 2.45) is 4.99 Å². The Morgan fingerprint density at radius 3 is 2.46 bits per heavy atom. The predicted octanol–water partition coefficient (Wildman–Crippen LogP) is 3.89. The number of aliphatic imine (C=N–C) groups is 1. The van der Waals surface area contributed by atoms with Gasteiger partial charge in [-0.15, -0.1) is 0 Å². The number of carbonyl (C=O) groups excluding carboxylic acids is 2. The van der Waals surface area contributed by atoms with Crippen molar-refractivity contribution in [3.8, 4) is 0 Å². The van der Waals surface area contributed by atoms with Crippen LogP contribution >= 0.6 is 11.8 Å². The summed E-state index contributed by atoms with van der Waals surface area (Å²) in [5.41, 5.74) is 3.64. The summed E-state index contributed by atoms with van der Waals surface area (Å²) in [7, 11) is 1.70. The van der Waals surface area contributed by atoms with E-state index in [2.05, 4.69) is 10.3 Å². The van der Waals surface area contributed by atoms with Gasteiger partial charge in [-0.1, -0.05) is 48.2 Å². The molecule has 1 heterocycles. The fourth-order valence-corrected chi connectivity index (χ4v) is 3.82. The number of aryl methyl sites for hydroxylation is 2. The number of nitrogens with zero attached hydrogens (tertiary/aromatic N) is 2. The molecule has 2 amide bonds. The summed E-state index contributed by atoms with van der Waals surface area (Å²) in [4.78, 5) is 31.0. The van der Waals surface area contributed by atoms with Gasteiger partial charge in [0, 0.05) is 19.2 Å². The molecule has 1 N–H and O–H groups in total. The predicted molar refractivity (Wildman–Crippen MR) is 107 cm³/mol. The number of para-hydroxylation sites is 2. The summed E-state index contributed by atoms with van der Waals surface area (Å²) < 4.78 is 0. The minimum absolute atomic E-state index is 0.0951. The molecule has 1 unspecified atom stereocenters. The van der Waals surface area contributed by atoms with Crippen LogP contribution in [-0.4, -0.2) is 34.2 Å². The maximum absolute atomic E-state index is 12.5. The molecule has 0 radical (unpaired) electrons. The van der Waals surface area contributed by atoms with Crippen molar-refractivity contribution in [3.05, 3.63) is 59.7 Å². The van der Waals surface area contributed by atoms with Crippen molar-refractivity contribution in [3.63, 3.8) is 0 Å². The van der Waals surface area contributed by atoms with E-state index < -0.39 is 5.25 Å². The third-order valence-electron chi connectivity index (χ3n) is 4.26. The van der Waals surface area contributed by atoms with Crippen LogP contribution in [0.4, 0.5) is 11.4 Å². The fourth-order valence-electron chi connectivity index (χ4n) is 2.67. The van der Waals surface area contributed by atoms with Crippen LogP contribution in [0.2, 0.25) is 0 Å². The highest BCUT2D eigenvalue weighted by atomic mass is 32.2. The minimum Gasteiger partial charge on any atom is -0.326 e. The van der Waals surface area contributed by atoms with Crippen molar-refractivity contribution in [1.29, 1.82) is 0 Å². The Bertz CT molecular complexity index is 879. The van der Waals surface area contributed by atoms with E-state index in [1.54, 1.807) is 7.05 Å². The summed E-state index contributed by atoms with van der Waals surface area (Å²) in [5.74, 6) is -0.266. The van der Waals surface area contributed by atoms with Crippen LogP contribution in [0.25, 0.3) is 0 Å². The Hall–Kier alpha value is -2.60. The van der Waals surface area contributed by atoms with E-state index in [1.807, 2.05) is 62.4 Å². The second-order valence-corrected chi connectivity index (χ2v) is 7.42. The summed E-state index contributed by atoms with van der Waals surface area (Å²) in [6.45, 7) is 3.92. The summed E-state index contributed by atoms with van der Waals surface area (Å²) in [6.07, 6.45) is 0.120. The lowest BCUT2D eigenvalue weighted by molar-refractivity contribution is -0.127. The van der Waals surface area contributed by atoms with E-state index >= 15 is 0 Å². The number of amidine groups is 1. The van der Waals surface area contributed by atoms with Crippen LogP contribution in [0, 0.1) is 13.8 Å².